The Morgan fingerprint density at radius 2 is 0.615 bits per heavy atom. The minimum Gasteiger partial charge on any atom is -0.481 e. The highest BCUT2D eigenvalue weighted by atomic mass is 16.4. The van der Waals surface area contributed by atoms with Crippen LogP contribution in [-0.2, 0) is 14.4 Å². The summed E-state index contributed by atoms with van der Waals surface area (Å²) in [4.78, 5) is 33.4. The molecule has 0 rings (SSSR count). The molecular formula is C32H62NO6+. The van der Waals surface area contributed by atoms with Crippen LogP contribution in [0.5, 0.6) is 0 Å². The van der Waals surface area contributed by atoms with E-state index in [1.165, 1.54) is 116 Å². The van der Waals surface area contributed by atoms with Crippen LogP contribution in [0.2, 0.25) is 0 Å². The minimum absolute atomic E-state index is 0.0709. The summed E-state index contributed by atoms with van der Waals surface area (Å²) in [5.74, 6) is -2.79. The normalized spacial score (nSPS) is 11.6. The molecule has 0 aliphatic heterocycles. The van der Waals surface area contributed by atoms with Gasteiger partial charge >= 0.3 is 17.9 Å². The van der Waals surface area contributed by atoms with Gasteiger partial charge in [-0.25, -0.2) is 0 Å². The number of nitrogens with zero attached hydrogens (tertiary/aromatic N) is 1. The van der Waals surface area contributed by atoms with Gasteiger partial charge in [0, 0.05) is 0 Å². The van der Waals surface area contributed by atoms with Gasteiger partial charge in [0.15, 0.2) is 0 Å². The SMILES string of the molecule is CCCCCCCCCCCCCCCCCCCCCCC[N+](CCC(=O)O)(CCC(=O)O)CCC(=O)O. The Bertz CT molecular complexity index is 564. The summed E-state index contributed by atoms with van der Waals surface area (Å²) in [5, 5.41) is 27.4. The number of carboxylic acids is 3. The largest absolute Gasteiger partial charge is 0.481 e. The van der Waals surface area contributed by atoms with Crippen molar-refractivity contribution in [2.75, 3.05) is 26.2 Å². The Balaban J connectivity index is 3.81. The Kier molecular flexibility index (Phi) is 25.5. The third-order valence-corrected chi connectivity index (χ3v) is 8.14. The quantitative estimate of drug-likeness (QED) is 0.0583. The topological polar surface area (TPSA) is 112 Å². The molecule has 0 atom stereocenters. The monoisotopic (exact) mass is 556 g/mol. The lowest BCUT2D eigenvalue weighted by molar-refractivity contribution is -0.927. The molecule has 230 valence electrons. The maximum Gasteiger partial charge on any atom is 0.309 e. The van der Waals surface area contributed by atoms with E-state index in [0.29, 0.717) is 6.54 Å². The fourth-order valence-corrected chi connectivity index (χ4v) is 5.55. The number of quaternary nitrogens is 1. The zero-order valence-electron chi connectivity index (χ0n) is 25.3. The number of unbranched alkanes of at least 4 members (excludes halogenated alkanes) is 20. The van der Waals surface area contributed by atoms with Crippen LogP contribution in [0.15, 0.2) is 0 Å². The predicted octanol–water partition coefficient (Wildman–Crippen LogP) is 8.44. The highest BCUT2D eigenvalue weighted by molar-refractivity contribution is 5.67. The first-order valence-corrected chi connectivity index (χ1v) is 16.3. The average Bonchev–Trinajstić information content (AvgIpc) is 2.90. The first-order chi connectivity index (χ1) is 18.8. The average molecular weight is 557 g/mol. The summed E-state index contributed by atoms with van der Waals surface area (Å²) in [6.07, 6.45) is 27.4. The molecule has 0 aromatic heterocycles. The van der Waals surface area contributed by atoms with Crippen molar-refractivity contribution in [2.24, 2.45) is 0 Å². The lowest BCUT2D eigenvalue weighted by Gasteiger charge is -2.38. The van der Waals surface area contributed by atoms with Crippen molar-refractivity contribution < 1.29 is 34.2 Å². The summed E-state index contributed by atoms with van der Waals surface area (Å²) in [7, 11) is 0. The molecule has 7 heteroatoms. The number of carbonyl (C=O) groups is 3. The molecule has 0 radical (unpaired) electrons. The Morgan fingerprint density at radius 1 is 0.385 bits per heavy atom. The molecule has 3 N–H and O–H groups in total. The smallest absolute Gasteiger partial charge is 0.309 e. The van der Waals surface area contributed by atoms with E-state index in [-0.39, 0.29) is 43.4 Å². The van der Waals surface area contributed by atoms with E-state index in [1.54, 1.807) is 0 Å². The lowest BCUT2D eigenvalue weighted by Crippen LogP contribution is -2.52. The molecule has 0 fully saturated rings. The molecular weight excluding hydrogens is 494 g/mol. The van der Waals surface area contributed by atoms with Crippen LogP contribution in [-0.4, -0.2) is 63.9 Å². The van der Waals surface area contributed by atoms with Crippen LogP contribution in [0.1, 0.15) is 161 Å². The molecule has 0 bridgehead atoms. The van der Waals surface area contributed by atoms with Crippen molar-refractivity contribution in [2.45, 2.75) is 161 Å². The van der Waals surface area contributed by atoms with Crippen molar-refractivity contribution in [3.05, 3.63) is 0 Å². The van der Waals surface area contributed by atoms with Crippen LogP contribution in [0, 0.1) is 0 Å². The van der Waals surface area contributed by atoms with Gasteiger partial charge < -0.3 is 19.8 Å². The van der Waals surface area contributed by atoms with Gasteiger partial charge in [-0.2, -0.15) is 0 Å². The standard InChI is InChI=1S/C32H61NO6/c1-2-3-4-5-6-7-8-9-10-11-12-13-14-15-16-17-18-19-20-21-22-26-33(27-23-30(34)35,28-24-31(36)37)29-25-32(38)39/h2-29H2,1H3,(H2-,34,35,36,37,38,39)/p+1. The Morgan fingerprint density at radius 3 is 0.846 bits per heavy atom. The van der Waals surface area contributed by atoms with Gasteiger partial charge in [-0.15, -0.1) is 0 Å². The molecule has 0 aliphatic rings. The second-order valence-electron chi connectivity index (χ2n) is 11.7. The third kappa shape index (κ3) is 26.4. The second-order valence-corrected chi connectivity index (χ2v) is 11.7. The highest BCUT2D eigenvalue weighted by Crippen LogP contribution is 2.18. The Hall–Kier alpha value is -1.63. The van der Waals surface area contributed by atoms with Gasteiger partial charge in [0.2, 0.25) is 0 Å². The number of hydrogen-bond donors (Lipinski definition) is 3. The molecule has 0 aromatic rings. The van der Waals surface area contributed by atoms with Crippen molar-refractivity contribution in [3.63, 3.8) is 0 Å². The van der Waals surface area contributed by atoms with Crippen molar-refractivity contribution in [1.82, 2.24) is 0 Å². The fraction of sp³-hybridized carbons (Fsp3) is 0.906. The fourth-order valence-electron chi connectivity index (χ4n) is 5.55. The maximum atomic E-state index is 11.1. The molecule has 0 spiro atoms. The van der Waals surface area contributed by atoms with Gasteiger partial charge in [0.05, 0.1) is 45.4 Å². The van der Waals surface area contributed by atoms with E-state index < -0.39 is 17.9 Å². The number of carboxylic acid groups (broad SMARTS) is 3. The minimum atomic E-state index is -0.929. The third-order valence-electron chi connectivity index (χ3n) is 8.14. The van der Waals surface area contributed by atoms with Crippen LogP contribution in [0.3, 0.4) is 0 Å². The van der Waals surface area contributed by atoms with Crippen molar-refractivity contribution in [1.29, 1.82) is 0 Å². The zero-order chi connectivity index (χ0) is 29.0. The summed E-state index contributed by atoms with van der Waals surface area (Å²) in [5.41, 5.74) is 0. The van der Waals surface area contributed by atoms with Gasteiger partial charge in [-0.05, 0) is 12.8 Å². The summed E-state index contributed by atoms with van der Waals surface area (Å²) < 4.78 is 0.268. The van der Waals surface area contributed by atoms with Crippen LogP contribution in [0.25, 0.3) is 0 Å². The van der Waals surface area contributed by atoms with Crippen LogP contribution >= 0.6 is 0 Å². The zero-order valence-corrected chi connectivity index (χ0v) is 25.3. The van der Waals surface area contributed by atoms with Gasteiger partial charge in [-0.3, -0.25) is 14.4 Å². The number of rotatable bonds is 31. The summed E-state index contributed by atoms with van der Waals surface area (Å²) >= 11 is 0. The lowest BCUT2D eigenvalue weighted by atomic mass is 10.0. The molecule has 39 heavy (non-hydrogen) atoms. The highest BCUT2D eigenvalue weighted by Gasteiger charge is 2.29. The molecule has 0 amide bonds. The van der Waals surface area contributed by atoms with Gasteiger partial charge in [-0.1, -0.05) is 129 Å². The van der Waals surface area contributed by atoms with E-state index >= 15 is 0 Å². The van der Waals surface area contributed by atoms with Gasteiger partial charge in [0.25, 0.3) is 0 Å². The van der Waals surface area contributed by atoms with Gasteiger partial charge in [0.1, 0.15) is 0 Å². The summed E-state index contributed by atoms with van der Waals surface area (Å²) in [6, 6.07) is 0. The van der Waals surface area contributed by atoms with Crippen molar-refractivity contribution in [3.8, 4) is 0 Å². The van der Waals surface area contributed by atoms with Crippen LogP contribution in [0.4, 0.5) is 0 Å². The number of hydrogen-bond acceptors (Lipinski definition) is 3. The first kappa shape index (κ1) is 37.4. The number of aliphatic carboxylic acids is 3. The van der Waals surface area contributed by atoms with Crippen LogP contribution < -0.4 is 0 Å². The van der Waals surface area contributed by atoms with E-state index in [2.05, 4.69) is 6.92 Å². The molecule has 0 saturated heterocycles. The summed E-state index contributed by atoms with van der Waals surface area (Å²) in [6.45, 7) is 3.78. The molecule has 0 saturated carbocycles. The molecule has 0 aromatic carbocycles. The van der Waals surface area contributed by atoms with E-state index in [1.807, 2.05) is 0 Å². The van der Waals surface area contributed by atoms with E-state index in [4.69, 9.17) is 15.3 Å². The molecule has 0 aliphatic carbocycles. The maximum absolute atomic E-state index is 11.1. The molecule has 0 heterocycles. The predicted molar refractivity (Wildman–Crippen MR) is 159 cm³/mol. The second kappa shape index (κ2) is 26.6. The first-order valence-electron chi connectivity index (χ1n) is 16.3. The molecule has 0 unspecified atom stereocenters. The van der Waals surface area contributed by atoms with E-state index in [9.17, 15) is 14.4 Å². The van der Waals surface area contributed by atoms with Crippen molar-refractivity contribution >= 4 is 17.9 Å². The molecule has 7 nitrogen and oxygen atoms in total. The Labute approximate surface area is 239 Å². The van der Waals surface area contributed by atoms with E-state index in [0.717, 1.165) is 19.3 Å².